The van der Waals surface area contributed by atoms with E-state index in [2.05, 4.69) is 6.92 Å². The van der Waals surface area contributed by atoms with Gasteiger partial charge in [-0.2, -0.15) is 0 Å². The van der Waals surface area contributed by atoms with Crippen molar-refractivity contribution in [2.24, 2.45) is 5.92 Å². The van der Waals surface area contributed by atoms with Gasteiger partial charge >= 0.3 is 0 Å². The third-order valence-corrected chi connectivity index (χ3v) is 6.65. The molecule has 92 valence electrons. The van der Waals surface area contributed by atoms with Crippen LogP contribution in [-0.2, 0) is 14.6 Å². The normalized spacial score (nSPS) is 36.6. The van der Waals surface area contributed by atoms with Gasteiger partial charge in [-0.05, 0) is 31.6 Å². The van der Waals surface area contributed by atoms with Gasteiger partial charge in [-0.1, -0.05) is 19.8 Å². The topological polar surface area (TPSA) is 51.2 Å². The van der Waals surface area contributed by atoms with Crippen LogP contribution in [-0.4, -0.2) is 24.7 Å². The predicted octanol–water partition coefficient (Wildman–Crippen LogP) is 2.10. The summed E-state index contributed by atoms with van der Waals surface area (Å²) in [5.41, 5.74) is 0. The first-order valence-corrected chi connectivity index (χ1v) is 7.88. The van der Waals surface area contributed by atoms with Gasteiger partial charge in [0.2, 0.25) is 0 Å². The highest BCUT2D eigenvalue weighted by molar-refractivity contribution is 7.93. The zero-order chi connectivity index (χ0) is 11.8. The molecule has 0 radical (unpaired) electrons. The molecule has 2 aliphatic rings. The van der Waals surface area contributed by atoms with Gasteiger partial charge in [0.25, 0.3) is 0 Å². The number of Topliss-reactive ketones (excluding diaryl/α,β-unsaturated/α-hetero) is 1. The van der Waals surface area contributed by atoms with E-state index in [0.29, 0.717) is 18.8 Å². The van der Waals surface area contributed by atoms with Crippen molar-refractivity contribution < 1.29 is 13.2 Å². The van der Waals surface area contributed by atoms with Crippen molar-refractivity contribution in [2.45, 2.75) is 62.4 Å². The van der Waals surface area contributed by atoms with Gasteiger partial charge in [0, 0.05) is 6.42 Å². The SMILES string of the molecule is CC1CCCC(S(=O)(=O)C2CCCC2=O)C1. The Morgan fingerprint density at radius 1 is 1.12 bits per heavy atom. The van der Waals surface area contributed by atoms with Crippen molar-refractivity contribution in [1.82, 2.24) is 0 Å². The molecule has 0 amide bonds. The molecule has 0 aromatic heterocycles. The molecule has 3 unspecified atom stereocenters. The van der Waals surface area contributed by atoms with E-state index < -0.39 is 15.1 Å². The molecule has 0 saturated heterocycles. The Hall–Kier alpha value is -0.380. The third kappa shape index (κ3) is 2.17. The van der Waals surface area contributed by atoms with E-state index >= 15 is 0 Å². The zero-order valence-corrected chi connectivity index (χ0v) is 10.6. The van der Waals surface area contributed by atoms with E-state index in [-0.39, 0.29) is 11.0 Å². The predicted molar refractivity (Wildman–Crippen MR) is 63.0 cm³/mol. The lowest BCUT2D eigenvalue weighted by Gasteiger charge is -2.28. The van der Waals surface area contributed by atoms with Gasteiger partial charge in [-0.25, -0.2) is 8.42 Å². The molecule has 0 bridgehead atoms. The van der Waals surface area contributed by atoms with Gasteiger partial charge in [-0.15, -0.1) is 0 Å². The Balaban J connectivity index is 2.14. The molecule has 0 aliphatic heterocycles. The molecule has 2 rings (SSSR count). The Kier molecular flexibility index (Phi) is 3.38. The molecule has 2 aliphatic carbocycles. The maximum Gasteiger partial charge on any atom is 0.163 e. The summed E-state index contributed by atoms with van der Waals surface area (Å²) < 4.78 is 24.6. The molecule has 2 saturated carbocycles. The fourth-order valence-electron chi connectivity index (χ4n) is 3.04. The van der Waals surface area contributed by atoms with E-state index in [0.717, 1.165) is 32.1 Å². The van der Waals surface area contributed by atoms with Crippen LogP contribution in [0, 0.1) is 5.92 Å². The Morgan fingerprint density at radius 3 is 2.44 bits per heavy atom. The molecule has 0 aromatic rings. The standard InChI is InChI=1S/C12H20O3S/c1-9-4-2-5-10(8-9)16(14,15)12-7-3-6-11(12)13/h9-10,12H,2-8H2,1H3. The van der Waals surface area contributed by atoms with Crippen molar-refractivity contribution in [3.63, 3.8) is 0 Å². The smallest absolute Gasteiger partial charge is 0.163 e. The van der Waals surface area contributed by atoms with Crippen LogP contribution in [0.15, 0.2) is 0 Å². The number of carbonyl (C=O) groups is 1. The first-order valence-electron chi connectivity index (χ1n) is 6.27. The van der Waals surface area contributed by atoms with Crippen LogP contribution in [0.3, 0.4) is 0 Å². The van der Waals surface area contributed by atoms with Crippen LogP contribution in [0.25, 0.3) is 0 Å². The van der Waals surface area contributed by atoms with Gasteiger partial charge in [0.15, 0.2) is 15.6 Å². The maximum atomic E-state index is 12.3. The highest BCUT2D eigenvalue weighted by Gasteiger charge is 2.41. The van der Waals surface area contributed by atoms with E-state index in [1.807, 2.05) is 0 Å². The molecule has 0 aromatic carbocycles. The Bertz CT molecular complexity index is 372. The van der Waals surface area contributed by atoms with Gasteiger partial charge in [0.05, 0.1) is 5.25 Å². The van der Waals surface area contributed by atoms with Crippen LogP contribution >= 0.6 is 0 Å². The fraction of sp³-hybridized carbons (Fsp3) is 0.917. The second-order valence-corrected chi connectivity index (χ2v) is 7.74. The number of rotatable bonds is 2. The summed E-state index contributed by atoms with van der Waals surface area (Å²) in [7, 11) is -3.19. The summed E-state index contributed by atoms with van der Waals surface area (Å²) in [6.45, 7) is 2.11. The average molecular weight is 244 g/mol. The van der Waals surface area contributed by atoms with E-state index in [9.17, 15) is 13.2 Å². The lowest BCUT2D eigenvalue weighted by atomic mass is 9.91. The highest BCUT2D eigenvalue weighted by Crippen LogP contribution is 2.33. The fourth-order valence-corrected chi connectivity index (χ4v) is 5.58. The second-order valence-electron chi connectivity index (χ2n) is 5.33. The van der Waals surface area contributed by atoms with Crippen molar-refractivity contribution in [2.75, 3.05) is 0 Å². The minimum atomic E-state index is -3.19. The van der Waals surface area contributed by atoms with Crippen LogP contribution < -0.4 is 0 Å². The lowest BCUT2D eigenvalue weighted by Crippen LogP contribution is -2.37. The van der Waals surface area contributed by atoms with Crippen molar-refractivity contribution in [1.29, 1.82) is 0 Å². The monoisotopic (exact) mass is 244 g/mol. The van der Waals surface area contributed by atoms with Crippen LogP contribution in [0.4, 0.5) is 0 Å². The molecular formula is C12H20O3S. The summed E-state index contributed by atoms with van der Waals surface area (Å²) in [5, 5.41) is -0.911. The van der Waals surface area contributed by atoms with E-state index in [1.54, 1.807) is 0 Å². The molecule has 3 nitrogen and oxygen atoms in total. The molecule has 0 heterocycles. The first kappa shape index (κ1) is 12.1. The zero-order valence-electron chi connectivity index (χ0n) is 9.81. The summed E-state index contributed by atoms with van der Waals surface area (Å²) in [5.74, 6) is 0.447. The van der Waals surface area contributed by atoms with Gasteiger partial charge in [-0.3, -0.25) is 4.79 Å². The van der Waals surface area contributed by atoms with Crippen molar-refractivity contribution in [3.05, 3.63) is 0 Å². The minimum absolute atomic E-state index is 0.0433. The van der Waals surface area contributed by atoms with E-state index in [4.69, 9.17) is 0 Å². The molecule has 0 spiro atoms. The van der Waals surface area contributed by atoms with Crippen molar-refractivity contribution in [3.8, 4) is 0 Å². The third-order valence-electron chi connectivity index (χ3n) is 4.00. The largest absolute Gasteiger partial charge is 0.298 e. The second kappa shape index (κ2) is 4.47. The van der Waals surface area contributed by atoms with Crippen LogP contribution in [0.5, 0.6) is 0 Å². The molecule has 2 fully saturated rings. The number of sulfone groups is 1. The van der Waals surface area contributed by atoms with Gasteiger partial charge in [0.1, 0.15) is 5.25 Å². The average Bonchev–Trinajstić information content (AvgIpc) is 2.65. The number of hydrogen-bond acceptors (Lipinski definition) is 3. The maximum absolute atomic E-state index is 12.3. The summed E-state index contributed by atoms with van der Waals surface area (Å²) in [4.78, 5) is 11.6. The quantitative estimate of drug-likeness (QED) is 0.747. The summed E-state index contributed by atoms with van der Waals surface area (Å²) in [6.07, 6.45) is 5.42. The van der Waals surface area contributed by atoms with E-state index in [1.165, 1.54) is 0 Å². The lowest BCUT2D eigenvalue weighted by molar-refractivity contribution is -0.117. The molecule has 3 atom stereocenters. The van der Waals surface area contributed by atoms with Crippen molar-refractivity contribution >= 4 is 15.6 Å². The Morgan fingerprint density at radius 2 is 1.88 bits per heavy atom. The van der Waals surface area contributed by atoms with Gasteiger partial charge < -0.3 is 0 Å². The number of ketones is 1. The van der Waals surface area contributed by atoms with Crippen LogP contribution in [0.1, 0.15) is 51.9 Å². The summed E-state index contributed by atoms with van der Waals surface area (Å²) >= 11 is 0. The number of carbonyl (C=O) groups excluding carboxylic acids is 1. The minimum Gasteiger partial charge on any atom is -0.298 e. The molecule has 4 heteroatoms. The first-order chi connectivity index (χ1) is 7.51. The molecular weight excluding hydrogens is 224 g/mol. The molecule has 16 heavy (non-hydrogen) atoms. The summed E-state index contributed by atoms with van der Waals surface area (Å²) in [6, 6.07) is 0. The number of hydrogen-bond donors (Lipinski definition) is 0. The Labute approximate surface area is 97.5 Å². The highest BCUT2D eigenvalue weighted by atomic mass is 32.2. The van der Waals surface area contributed by atoms with Crippen LogP contribution in [0.2, 0.25) is 0 Å². The molecule has 0 N–H and O–H groups in total.